The van der Waals surface area contributed by atoms with Gasteiger partial charge < -0.3 is 20.4 Å². The standard InChI is InChI=1S/C15H23N3O2/c1-11(16-8-4-2-3-5-9-19)12-6-7-13-14(10-12)18-15(20)17-13/h6-7,10-11,16,19H,2-5,8-9H2,1H3,(H2,17,18,20). The third kappa shape index (κ3) is 3.95. The van der Waals surface area contributed by atoms with Crippen molar-refractivity contribution in [2.45, 2.75) is 38.6 Å². The number of benzene rings is 1. The lowest BCUT2D eigenvalue weighted by Crippen LogP contribution is -2.19. The Bertz CT molecular complexity index is 588. The molecule has 0 saturated carbocycles. The van der Waals surface area contributed by atoms with Crippen LogP contribution in [0.2, 0.25) is 0 Å². The second kappa shape index (κ2) is 7.26. The van der Waals surface area contributed by atoms with Crippen LogP contribution in [0.15, 0.2) is 23.0 Å². The van der Waals surface area contributed by atoms with Gasteiger partial charge in [0, 0.05) is 12.6 Å². The van der Waals surface area contributed by atoms with Crippen LogP contribution < -0.4 is 11.0 Å². The van der Waals surface area contributed by atoms with Crippen LogP contribution in [0.3, 0.4) is 0 Å². The first-order valence-corrected chi connectivity index (χ1v) is 7.27. The van der Waals surface area contributed by atoms with E-state index in [9.17, 15) is 4.79 Å². The van der Waals surface area contributed by atoms with Gasteiger partial charge in [0.15, 0.2) is 0 Å². The van der Waals surface area contributed by atoms with Crippen molar-refractivity contribution in [1.82, 2.24) is 15.3 Å². The molecule has 0 saturated heterocycles. The molecule has 0 amide bonds. The van der Waals surface area contributed by atoms with Crippen LogP contribution in [0.5, 0.6) is 0 Å². The zero-order chi connectivity index (χ0) is 14.4. The van der Waals surface area contributed by atoms with E-state index in [2.05, 4.69) is 22.2 Å². The summed E-state index contributed by atoms with van der Waals surface area (Å²) in [5.41, 5.74) is 2.70. The highest BCUT2D eigenvalue weighted by Crippen LogP contribution is 2.17. The fraction of sp³-hybridized carbons (Fsp3) is 0.533. The highest BCUT2D eigenvalue weighted by Gasteiger charge is 2.06. The topological polar surface area (TPSA) is 80.9 Å². The quantitative estimate of drug-likeness (QED) is 0.558. The van der Waals surface area contributed by atoms with Gasteiger partial charge in [0.2, 0.25) is 0 Å². The van der Waals surface area contributed by atoms with Gasteiger partial charge in [-0.25, -0.2) is 4.79 Å². The van der Waals surface area contributed by atoms with Gasteiger partial charge in [-0.3, -0.25) is 0 Å². The van der Waals surface area contributed by atoms with Crippen LogP contribution in [0.1, 0.15) is 44.2 Å². The Morgan fingerprint density at radius 1 is 1.15 bits per heavy atom. The lowest BCUT2D eigenvalue weighted by Gasteiger charge is -2.14. The summed E-state index contributed by atoms with van der Waals surface area (Å²) in [5, 5.41) is 12.2. The third-order valence-electron chi connectivity index (χ3n) is 3.58. The summed E-state index contributed by atoms with van der Waals surface area (Å²) in [7, 11) is 0. The second-order valence-corrected chi connectivity index (χ2v) is 5.20. The van der Waals surface area contributed by atoms with Gasteiger partial charge in [-0.2, -0.15) is 0 Å². The number of hydrogen-bond acceptors (Lipinski definition) is 3. The number of aliphatic hydroxyl groups excluding tert-OH is 1. The molecule has 5 heteroatoms. The normalized spacial score (nSPS) is 12.9. The van der Waals surface area contributed by atoms with Crippen molar-refractivity contribution in [3.63, 3.8) is 0 Å². The number of imidazole rings is 1. The van der Waals surface area contributed by atoms with Crippen molar-refractivity contribution in [2.75, 3.05) is 13.2 Å². The Balaban J connectivity index is 1.84. The van der Waals surface area contributed by atoms with Crippen molar-refractivity contribution in [2.24, 2.45) is 0 Å². The molecule has 1 aromatic carbocycles. The van der Waals surface area contributed by atoms with Crippen molar-refractivity contribution in [3.05, 3.63) is 34.2 Å². The molecule has 1 unspecified atom stereocenters. The number of aromatic nitrogens is 2. The molecule has 4 N–H and O–H groups in total. The fourth-order valence-electron chi connectivity index (χ4n) is 2.35. The summed E-state index contributed by atoms with van der Waals surface area (Å²) < 4.78 is 0. The average molecular weight is 277 g/mol. The zero-order valence-electron chi connectivity index (χ0n) is 11.9. The summed E-state index contributed by atoms with van der Waals surface area (Å²) in [6, 6.07) is 6.24. The van der Waals surface area contributed by atoms with E-state index in [1.807, 2.05) is 18.2 Å². The maximum atomic E-state index is 11.2. The number of H-pyrrole nitrogens is 2. The van der Waals surface area contributed by atoms with E-state index in [0.717, 1.165) is 43.3 Å². The van der Waals surface area contributed by atoms with E-state index >= 15 is 0 Å². The second-order valence-electron chi connectivity index (χ2n) is 5.20. The Hall–Kier alpha value is -1.59. The number of fused-ring (bicyclic) bond motifs is 1. The monoisotopic (exact) mass is 277 g/mol. The van der Waals surface area contributed by atoms with Crippen LogP contribution in [0.4, 0.5) is 0 Å². The smallest absolute Gasteiger partial charge is 0.323 e. The number of unbranched alkanes of at least 4 members (excludes halogenated alkanes) is 3. The molecule has 1 heterocycles. The summed E-state index contributed by atoms with van der Waals surface area (Å²) in [6.45, 7) is 3.38. The van der Waals surface area contributed by atoms with Crippen LogP contribution in [0, 0.1) is 0 Å². The number of rotatable bonds is 8. The maximum Gasteiger partial charge on any atom is 0.323 e. The van der Waals surface area contributed by atoms with E-state index in [1.165, 1.54) is 5.56 Å². The van der Waals surface area contributed by atoms with Gasteiger partial charge in [-0.15, -0.1) is 0 Å². The number of aliphatic hydroxyl groups is 1. The zero-order valence-corrected chi connectivity index (χ0v) is 11.9. The molecule has 1 atom stereocenters. The minimum absolute atomic E-state index is 0.165. The molecule has 20 heavy (non-hydrogen) atoms. The van der Waals surface area contributed by atoms with Gasteiger partial charge in [-0.05, 0) is 44.0 Å². The van der Waals surface area contributed by atoms with E-state index in [-0.39, 0.29) is 11.7 Å². The maximum absolute atomic E-state index is 11.2. The van der Waals surface area contributed by atoms with E-state index in [4.69, 9.17) is 5.11 Å². The van der Waals surface area contributed by atoms with E-state index in [0.29, 0.717) is 6.61 Å². The molecule has 0 aliphatic rings. The third-order valence-corrected chi connectivity index (χ3v) is 3.58. The van der Waals surface area contributed by atoms with Crippen molar-refractivity contribution >= 4 is 11.0 Å². The van der Waals surface area contributed by atoms with Crippen LogP contribution in [-0.4, -0.2) is 28.2 Å². The highest BCUT2D eigenvalue weighted by atomic mass is 16.2. The van der Waals surface area contributed by atoms with Gasteiger partial charge in [0.1, 0.15) is 0 Å². The SMILES string of the molecule is CC(NCCCCCCO)c1ccc2[nH]c(=O)[nH]c2c1. The minimum atomic E-state index is -0.165. The Morgan fingerprint density at radius 3 is 2.70 bits per heavy atom. The molecule has 2 rings (SSSR count). The van der Waals surface area contributed by atoms with Crippen LogP contribution in [0.25, 0.3) is 11.0 Å². The molecule has 0 radical (unpaired) electrons. The molecule has 2 aromatic rings. The summed E-state index contributed by atoms with van der Waals surface area (Å²) in [4.78, 5) is 16.7. The lowest BCUT2D eigenvalue weighted by molar-refractivity contribution is 0.282. The van der Waals surface area contributed by atoms with Gasteiger partial charge in [0.25, 0.3) is 0 Å². The first-order valence-electron chi connectivity index (χ1n) is 7.27. The molecule has 0 aliphatic heterocycles. The molecule has 0 fully saturated rings. The molecular weight excluding hydrogens is 254 g/mol. The van der Waals surface area contributed by atoms with Gasteiger partial charge in [0.05, 0.1) is 11.0 Å². The van der Waals surface area contributed by atoms with Crippen molar-refractivity contribution in [3.8, 4) is 0 Å². The summed E-state index contributed by atoms with van der Waals surface area (Å²) in [6.07, 6.45) is 4.24. The van der Waals surface area contributed by atoms with E-state index < -0.39 is 0 Å². The first kappa shape index (κ1) is 14.8. The molecule has 5 nitrogen and oxygen atoms in total. The average Bonchev–Trinajstić information content (AvgIpc) is 2.81. The molecular formula is C15H23N3O2. The van der Waals surface area contributed by atoms with Gasteiger partial charge in [-0.1, -0.05) is 18.9 Å². The number of nitrogens with one attached hydrogen (secondary N) is 3. The summed E-state index contributed by atoms with van der Waals surface area (Å²) >= 11 is 0. The van der Waals surface area contributed by atoms with Crippen LogP contribution >= 0.6 is 0 Å². The number of aromatic amines is 2. The molecule has 0 aliphatic carbocycles. The molecule has 110 valence electrons. The Labute approximate surface area is 118 Å². The largest absolute Gasteiger partial charge is 0.396 e. The number of hydrogen-bond donors (Lipinski definition) is 4. The fourth-order valence-corrected chi connectivity index (χ4v) is 2.35. The van der Waals surface area contributed by atoms with E-state index in [1.54, 1.807) is 0 Å². The first-order chi connectivity index (χ1) is 9.70. The lowest BCUT2D eigenvalue weighted by atomic mass is 10.1. The Kier molecular flexibility index (Phi) is 5.38. The predicted octanol–water partition coefficient (Wildman–Crippen LogP) is 2.06. The predicted molar refractivity (Wildman–Crippen MR) is 80.9 cm³/mol. The molecule has 0 bridgehead atoms. The molecule has 0 spiro atoms. The highest BCUT2D eigenvalue weighted by molar-refractivity contribution is 5.75. The summed E-state index contributed by atoms with van der Waals surface area (Å²) in [5.74, 6) is 0. The van der Waals surface area contributed by atoms with Crippen molar-refractivity contribution in [1.29, 1.82) is 0 Å². The molecule has 1 aromatic heterocycles. The van der Waals surface area contributed by atoms with Crippen molar-refractivity contribution < 1.29 is 5.11 Å². The van der Waals surface area contributed by atoms with Crippen LogP contribution in [-0.2, 0) is 0 Å². The minimum Gasteiger partial charge on any atom is -0.396 e. The Morgan fingerprint density at radius 2 is 1.90 bits per heavy atom. The van der Waals surface area contributed by atoms with Gasteiger partial charge >= 0.3 is 5.69 Å².